The van der Waals surface area contributed by atoms with Gasteiger partial charge >= 0.3 is 10.2 Å². The fourth-order valence-corrected chi connectivity index (χ4v) is 6.95. The van der Waals surface area contributed by atoms with Gasteiger partial charge in [0.1, 0.15) is 6.33 Å². The normalized spacial score (nSPS) is 26.2. The molecule has 0 saturated carbocycles. The Hall–Kier alpha value is -1.72. The first-order chi connectivity index (χ1) is 14.1. The zero-order valence-electron chi connectivity index (χ0n) is 16.6. The molecule has 0 N–H and O–H groups in total. The number of fused-ring (bicyclic) bond motifs is 1. The Labute approximate surface area is 182 Å². The summed E-state index contributed by atoms with van der Waals surface area (Å²) in [6.07, 6.45) is 6.94. The molecule has 162 valence electrons. The average Bonchev–Trinajstić information content (AvgIpc) is 3.27. The van der Waals surface area contributed by atoms with Crippen LogP contribution >= 0.6 is 11.6 Å². The Kier molecular flexibility index (Phi) is 5.56. The Bertz CT molecular complexity index is 1170. The molecule has 4 rings (SSSR count). The average molecular weight is 471 g/mol. The number of hydrogen-bond donors (Lipinski definition) is 0. The number of nitrogens with zero attached hydrogens (tertiary/aromatic N) is 4. The van der Waals surface area contributed by atoms with Crippen molar-refractivity contribution in [1.82, 2.24) is 17.6 Å². The molecule has 1 aromatic carbocycles. The molecule has 2 aliphatic rings. The van der Waals surface area contributed by atoms with Crippen molar-refractivity contribution in [1.29, 1.82) is 0 Å². The second-order valence-corrected chi connectivity index (χ2v) is 12.4. The highest BCUT2D eigenvalue weighted by Crippen LogP contribution is 2.40. The number of rotatable bonds is 5. The van der Waals surface area contributed by atoms with Gasteiger partial charge < -0.3 is 0 Å². The van der Waals surface area contributed by atoms with E-state index in [0.717, 1.165) is 13.8 Å². The van der Waals surface area contributed by atoms with Gasteiger partial charge in [0.2, 0.25) is 10.0 Å². The third kappa shape index (κ3) is 3.82. The number of benzene rings is 1. The van der Waals surface area contributed by atoms with Crippen LogP contribution in [0.15, 0.2) is 48.9 Å². The Balaban J connectivity index is 1.52. The molecule has 0 spiro atoms. The van der Waals surface area contributed by atoms with Gasteiger partial charge in [0.15, 0.2) is 0 Å². The van der Waals surface area contributed by atoms with E-state index in [2.05, 4.69) is 4.98 Å². The molecule has 8 nitrogen and oxygen atoms in total. The molecule has 2 aromatic rings. The summed E-state index contributed by atoms with van der Waals surface area (Å²) < 4.78 is 54.3. The fourth-order valence-electron chi connectivity index (χ4n) is 3.99. The third-order valence-electron chi connectivity index (χ3n) is 5.66. The van der Waals surface area contributed by atoms with E-state index >= 15 is 0 Å². The summed E-state index contributed by atoms with van der Waals surface area (Å²) in [5.41, 5.74) is 1.50. The van der Waals surface area contributed by atoms with Gasteiger partial charge in [-0.2, -0.15) is 17.0 Å². The molecule has 1 saturated heterocycles. The number of allylic oxidation sites excluding steroid dienone is 1. The number of sulfonamides is 1. The lowest BCUT2D eigenvalue weighted by molar-refractivity contribution is 0.368. The first-order valence-corrected chi connectivity index (χ1v) is 12.8. The predicted molar refractivity (Wildman–Crippen MR) is 115 cm³/mol. The molecule has 1 aliphatic heterocycles. The fraction of sp³-hybridized carbons (Fsp3) is 0.421. The molecule has 0 amide bonds. The third-order valence-corrected chi connectivity index (χ3v) is 9.79. The van der Waals surface area contributed by atoms with E-state index in [1.807, 2.05) is 18.2 Å². The highest BCUT2D eigenvalue weighted by molar-refractivity contribution is 7.90. The second-order valence-electron chi connectivity index (χ2n) is 7.83. The zero-order chi connectivity index (χ0) is 21.7. The maximum Gasteiger partial charge on any atom is 0.308 e. The molecule has 11 heteroatoms. The standard InChI is InChI=1S/C19H23ClN4O4S2/c1-22(2)30(27,28)24-12-18(21-13-24)15-5-8-19-16(9-15)11-23(29(19,25)26)10-14-3-6-17(20)7-4-14/h3-8,12-13,15-16,19H,9-11H2,1-2H3. The first kappa shape index (κ1) is 21.5. The van der Waals surface area contributed by atoms with Crippen molar-refractivity contribution in [3.63, 3.8) is 0 Å². The van der Waals surface area contributed by atoms with Crippen molar-refractivity contribution >= 4 is 31.8 Å². The second kappa shape index (κ2) is 7.76. The monoisotopic (exact) mass is 470 g/mol. The molecule has 1 aromatic heterocycles. The number of aromatic nitrogens is 2. The van der Waals surface area contributed by atoms with Crippen molar-refractivity contribution in [2.24, 2.45) is 5.92 Å². The molecule has 1 aliphatic carbocycles. The van der Waals surface area contributed by atoms with Gasteiger partial charge in [-0.3, -0.25) is 0 Å². The molecule has 3 unspecified atom stereocenters. The molecule has 30 heavy (non-hydrogen) atoms. The topological polar surface area (TPSA) is 92.6 Å². The smallest absolute Gasteiger partial charge is 0.240 e. The minimum Gasteiger partial charge on any atom is -0.240 e. The van der Waals surface area contributed by atoms with E-state index in [9.17, 15) is 16.8 Å². The minimum atomic E-state index is -3.63. The zero-order valence-corrected chi connectivity index (χ0v) is 19.0. The van der Waals surface area contributed by atoms with E-state index < -0.39 is 25.5 Å². The van der Waals surface area contributed by atoms with E-state index in [4.69, 9.17) is 11.6 Å². The van der Waals surface area contributed by atoms with Crippen LogP contribution < -0.4 is 0 Å². The Morgan fingerprint density at radius 2 is 1.90 bits per heavy atom. The van der Waals surface area contributed by atoms with Crippen LogP contribution in [0.1, 0.15) is 23.6 Å². The van der Waals surface area contributed by atoms with E-state index in [1.165, 1.54) is 30.9 Å². The van der Waals surface area contributed by atoms with Gasteiger partial charge in [-0.25, -0.2) is 17.4 Å². The van der Waals surface area contributed by atoms with Crippen LogP contribution in [0.3, 0.4) is 0 Å². The van der Waals surface area contributed by atoms with Crippen LogP contribution in [0.5, 0.6) is 0 Å². The van der Waals surface area contributed by atoms with Gasteiger partial charge in [-0.05, 0) is 30.0 Å². The highest BCUT2D eigenvalue weighted by Gasteiger charge is 2.47. The predicted octanol–water partition coefficient (Wildman–Crippen LogP) is 2.06. The molecule has 0 bridgehead atoms. The summed E-state index contributed by atoms with van der Waals surface area (Å²) >= 11 is 5.92. The summed E-state index contributed by atoms with van der Waals surface area (Å²) in [6.45, 7) is 0.730. The van der Waals surface area contributed by atoms with Crippen LogP contribution in [0.4, 0.5) is 0 Å². The summed E-state index contributed by atoms with van der Waals surface area (Å²) in [4.78, 5) is 4.26. The molecule has 3 atom stereocenters. The lowest BCUT2D eigenvalue weighted by atomic mass is 9.85. The number of imidazole rings is 1. The van der Waals surface area contributed by atoms with Crippen LogP contribution in [-0.4, -0.2) is 60.3 Å². The number of hydrogen-bond acceptors (Lipinski definition) is 5. The van der Waals surface area contributed by atoms with Crippen LogP contribution in [-0.2, 0) is 26.8 Å². The summed E-state index contributed by atoms with van der Waals surface area (Å²) in [5.74, 6) is -0.205. The van der Waals surface area contributed by atoms with E-state index in [1.54, 1.807) is 18.2 Å². The quantitative estimate of drug-likeness (QED) is 0.623. The van der Waals surface area contributed by atoms with Gasteiger partial charge in [0.25, 0.3) is 0 Å². The SMILES string of the molecule is CN(C)S(=O)(=O)n1cnc(C2C=CC3C(C2)CN(Cc2ccc(Cl)cc2)S3(=O)=O)c1. The lowest BCUT2D eigenvalue weighted by Crippen LogP contribution is -2.29. The molecular formula is C19H23ClN4O4S2. The molecule has 2 heterocycles. The molecule has 1 fully saturated rings. The molecular weight excluding hydrogens is 448 g/mol. The van der Waals surface area contributed by atoms with Crippen molar-refractivity contribution in [3.05, 3.63) is 65.2 Å². The number of halogens is 1. The maximum atomic E-state index is 13.0. The van der Waals surface area contributed by atoms with Crippen molar-refractivity contribution in [2.45, 2.75) is 24.1 Å². The van der Waals surface area contributed by atoms with Crippen LogP contribution in [0.2, 0.25) is 5.02 Å². The first-order valence-electron chi connectivity index (χ1n) is 9.47. The highest BCUT2D eigenvalue weighted by atomic mass is 35.5. The van der Waals surface area contributed by atoms with Crippen molar-refractivity contribution in [3.8, 4) is 0 Å². The van der Waals surface area contributed by atoms with Gasteiger partial charge in [-0.15, -0.1) is 0 Å². The maximum absolute atomic E-state index is 13.0. The largest absolute Gasteiger partial charge is 0.308 e. The van der Waals surface area contributed by atoms with Gasteiger partial charge in [0, 0.05) is 44.3 Å². The van der Waals surface area contributed by atoms with E-state index in [0.29, 0.717) is 30.2 Å². The molecule has 0 radical (unpaired) electrons. The summed E-state index contributed by atoms with van der Waals surface area (Å²) in [6, 6.07) is 7.16. The van der Waals surface area contributed by atoms with E-state index in [-0.39, 0.29) is 11.8 Å². The van der Waals surface area contributed by atoms with Crippen LogP contribution in [0.25, 0.3) is 0 Å². The van der Waals surface area contributed by atoms with Crippen molar-refractivity contribution < 1.29 is 16.8 Å². The lowest BCUT2D eigenvalue weighted by Gasteiger charge is -2.23. The van der Waals surface area contributed by atoms with Gasteiger partial charge in [-0.1, -0.05) is 35.9 Å². The van der Waals surface area contributed by atoms with Crippen LogP contribution in [0, 0.1) is 5.92 Å². The van der Waals surface area contributed by atoms with Crippen molar-refractivity contribution in [2.75, 3.05) is 20.6 Å². The van der Waals surface area contributed by atoms with Gasteiger partial charge in [0.05, 0.1) is 10.9 Å². The minimum absolute atomic E-state index is 0.0760. The Morgan fingerprint density at radius 1 is 1.20 bits per heavy atom. The Morgan fingerprint density at radius 3 is 2.57 bits per heavy atom. The summed E-state index contributed by atoms with van der Waals surface area (Å²) in [5, 5.41) is 0.0480. The summed E-state index contributed by atoms with van der Waals surface area (Å²) in [7, 11) is -4.16.